The molecule has 3 N–H and O–H groups in total. The SMILES string of the molecule is CCOC(=O)N1CCC(NC(=NC)NCc2nc(-c3ccc(OC)cc3)n[nH]2)CC1. The van der Waals surface area contributed by atoms with Crippen molar-refractivity contribution < 1.29 is 14.3 Å². The molecule has 0 saturated carbocycles. The smallest absolute Gasteiger partial charge is 0.409 e. The van der Waals surface area contributed by atoms with E-state index < -0.39 is 0 Å². The summed E-state index contributed by atoms with van der Waals surface area (Å²) < 4.78 is 10.2. The third-order valence-electron chi connectivity index (χ3n) is 4.89. The van der Waals surface area contributed by atoms with Gasteiger partial charge in [-0.2, -0.15) is 5.10 Å². The van der Waals surface area contributed by atoms with Crippen LogP contribution in [0.3, 0.4) is 0 Å². The maximum absolute atomic E-state index is 11.8. The van der Waals surface area contributed by atoms with E-state index in [0.717, 1.165) is 24.2 Å². The van der Waals surface area contributed by atoms with Gasteiger partial charge in [0.05, 0.1) is 20.3 Å². The molecule has 30 heavy (non-hydrogen) atoms. The Bertz CT molecular complexity index is 842. The molecule has 1 fully saturated rings. The van der Waals surface area contributed by atoms with E-state index in [1.807, 2.05) is 31.2 Å². The molecule has 1 aliphatic rings. The zero-order valence-corrected chi connectivity index (χ0v) is 17.6. The number of H-pyrrole nitrogens is 1. The van der Waals surface area contributed by atoms with Crippen LogP contribution in [0.4, 0.5) is 4.79 Å². The number of benzene rings is 1. The van der Waals surface area contributed by atoms with Gasteiger partial charge in [-0.25, -0.2) is 9.78 Å². The highest BCUT2D eigenvalue weighted by atomic mass is 16.6. The molecule has 2 heterocycles. The number of hydrogen-bond acceptors (Lipinski definition) is 6. The first-order valence-electron chi connectivity index (χ1n) is 10.1. The molecule has 1 amide bonds. The lowest BCUT2D eigenvalue weighted by Gasteiger charge is -2.32. The van der Waals surface area contributed by atoms with Crippen molar-refractivity contribution in [3.05, 3.63) is 30.1 Å². The van der Waals surface area contributed by atoms with Crippen molar-refractivity contribution in [3.8, 4) is 17.1 Å². The number of piperidine rings is 1. The lowest BCUT2D eigenvalue weighted by atomic mass is 10.1. The van der Waals surface area contributed by atoms with Gasteiger partial charge in [-0.1, -0.05) is 0 Å². The molecule has 10 heteroatoms. The number of amides is 1. The monoisotopic (exact) mass is 415 g/mol. The van der Waals surface area contributed by atoms with Gasteiger partial charge in [0.2, 0.25) is 0 Å². The maximum atomic E-state index is 11.8. The van der Waals surface area contributed by atoms with Crippen molar-refractivity contribution in [2.45, 2.75) is 32.4 Å². The second kappa shape index (κ2) is 10.5. The van der Waals surface area contributed by atoms with Gasteiger partial charge in [0.25, 0.3) is 0 Å². The molecule has 162 valence electrons. The minimum Gasteiger partial charge on any atom is -0.497 e. The van der Waals surface area contributed by atoms with Crippen LogP contribution in [0.1, 0.15) is 25.6 Å². The van der Waals surface area contributed by atoms with Gasteiger partial charge >= 0.3 is 6.09 Å². The number of likely N-dealkylation sites (tertiary alicyclic amines) is 1. The first-order chi connectivity index (χ1) is 14.6. The maximum Gasteiger partial charge on any atom is 0.409 e. The van der Waals surface area contributed by atoms with Crippen molar-refractivity contribution in [2.24, 2.45) is 4.99 Å². The number of methoxy groups -OCH3 is 1. The molecule has 0 spiro atoms. The van der Waals surface area contributed by atoms with E-state index in [2.05, 4.69) is 30.8 Å². The standard InChI is InChI=1S/C20H29N7O3/c1-4-30-20(28)27-11-9-15(10-12-27)23-19(21-2)22-13-17-24-18(26-25-17)14-5-7-16(29-3)8-6-14/h5-8,15H,4,9-13H2,1-3H3,(H2,21,22,23)(H,24,25,26). The van der Waals surface area contributed by atoms with Crippen molar-refractivity contribution in [1.29, 1.82) is 0 Å². The van der Waals surface area contributed by atoms with Crippen LogP contribution in [0.15, 0.2) is 29.3 Å². The van der Waals surface area contributed by atoms with E-state index in [0.29, 0.717) is 43.8 Å². The Hall–Kier alpha value is -3.30. The lowest BCUT2D eigenvalue weighted by molar-refractivity contribution is 0.0963. The predicted molar refractivity (Wildman–Crippen MR) is 113 cm³/mol. The zero-order valence-electron chi connectivity index (χ0n) is 17.6. The van der Waals surface area contributed by atoms with Gasteiger partial charge in [0.15, 0.2) is 11.8 Å². The normalized spacial score (nSPS) is 15.0. The molecule has 1 aliphatic heterocycles. The van der Waals surface area contributed by atoms with Gasteiger partial charge in [-0.05, 0) is 44.0 Å². The minimum absolute atomic E-state index is 0.239. The molecule has 2 aromatic rings. The van der Waals surface area contributed by atoms with Crippen LogP contribution in [0.25, 0.3) is 11.4 Å². The van der Waals surface area contributed by atoms with Gasteiger partial charge in [-0.15, -0.1) is 0 Å². The number of carbonyl (C=O) groups excluding carboxylic acids is 1. The summed E-state index contributed by atoms with van der Waals surface area (Å²) in [4.78, 5) is 22.3. The van der Waals surface area contributed by atoms with Crippen LogP contribution < -0.4 is 15.4 Å². The Labute approximate surface area is 176 Å². The summed E-state index contributed by atoms with van der Waals surface area (Å²) >= 11 is 0. The molecule has 0 unspecified atom stereocenters. The van der Waals surface area contributed by atoms with E-state index in [1.165, 1.54) is 0 Å². The fraction of sp³-hybridized carbons (Fsp3) is 0.500. The summed E-state index contributed by atoms with van der Waals surface area (Å²) in [5.41, 5.74) is 0.911. The van der Waals surface area contributed by atoms with E-state index in [9.17, 15) is 4.79 Å². The Balaban J connectivity index is 1.47. The average molecular weight is 415 g/mol. The molecule has 0 aliphatic carbocycles. The van der Waals surface area contributed by atoms with Crippen molar-refractivity contribution in [2.75, 3.05) is 33.9 Å². The average Bonchev–Trinajstić information content (AvgIpc) is 3.26. The Kier molecular flexibility index (Phi) is 7.47. The lowest BCUT2D eigenvalue weighted by Crippen LogP contribution is -2.49. The minimum atomic E-state index is -0.239. The van der Waals surface area contributed by atoms with E-state index >= 15 is 0 Å². The highest BCUT2D eigenvalue weighted by Crippen LogP contribution is 2.19. The van der Waals surface area contributed by atoms with E-state index in [-0.39, 0.29) is 12.1 Å². The summed E-state index contributed by atoms with van der Waals surface area (Å²) in [6.45, 7) is 4.01. The Morgan fingerprint density at radius 2 is 2.03 bits per heavy atom. The molecule has 0 atom stereocenters. The molecule has 3 rings (SSSR count). The van der Waals surface area contributed by atoms with Crippen LogP contribution >= 0.6 is 0 Å². The summed E-state index contributed by atoms with van der Waals surface area (Å²) in [6.07, 6.45) is 1.43. The highest BCUT2D eigenvalue weighted by Gasteiger charge is 2.24. The molecular formula is C20H29N7O3. The van der Waals surface area contributed by atoms with Crippen LogP contribution in [-0.2, 0) is 11.3 Å². The van der Waals surface area contributed by atoms with Crippen LogP contribution in [0.2, 0.25) is 0 Å². The van der Waals surface area contributed by atoms with Crippen LogP contribution in [0.5, 0.6) is 5.75 Å². The zero-order chi connectivity index (χ0) is 21.3. The number of guanidine groups is 1. The summed E-state index contributed by atoms with van der Waals surface area (Å²) in [5.74, 6) is 2.82. The number of nitrogens with zero attached hydrogens (tertiary/aromatic N) is 4. The summed E-state index contributed by atoms with van der Waals surface area (Å²) in [5, 5.41) is 13.9. The van der Waals surface area contributed by atoms with E-state index in [4.69, 9.17) is 9.47 Å². The number of aromatic amines is 1. The second-order valence-corrected chi connectivity index (χ2v) is 6.86. The van der Waals surface area contributed by atoms with Crippen LogP contribution in [-0.4, -0.2) is 72.0 Å². The topological polar surface area (TPSA) is 117 Å². The van der Waals surface area contributed by atoms with Gasteiger partial charge in [0, 0.05) is 31.7 Å². The number of hydrogen-bond donors (Lipinski definition) is 3. The molecular weight excluding hydrogens is 386 g/mol. The van der Waals surface area contributed by atoms with Gasteiger partial charge < -0.3 is 25.0 Å². The number of rotatable bonds is 6. The second-order valence-electron chi connectivity index (χ2n) is 6.86. The molecule has 10 nitrogen and oxygen atoms in total. The van der Waals surface area contributed by atoms with Crippen molar-refractivity contribution >= 4 is 12.1 Å². The number of nitrogens with one attached hydrogen (secondary N) is 3. The highest BCUT2D eigenvalue weighted by molar-refractivity contribution is 5.80. The number of ether oxygens (including phenoxy) is 2. The van der Waals surface area contributed by atoms with Crippen LogP contribution in [0, 0.1) is 0 Å². The summed E-state index contributed by atoms with van der Waals surface area (Å²) in [7, 11) is 3.36. The predicted octanol–water partition coefficient (Wildman–Crippen LogP) is 1.77. The molecule has 0 radical (unpaired) electrons. The molecule has 0 bridgehead atoms. The molecule has 1 aromatic heterocycles. The van der Waals surface area contributed by atoms with Crippen molar-refractivity contribution in [3.63, 3.8) is 0 Å². The number of aromatic nitrogens is 3. The first-order valence-corrected chi connectivity index (χ1v) is 10.1. The fourth-order valence-electron chi connectivity index (χ4n) is 3.22. The third kappa shape index (κ3) is 5.62. The Morgan fingerprint density at radius 3 is 2.67 bits per heavy atom. The number of carbonyl (C=O) groups is 1. The van der Waals surface area contributed by atoms with Gasteiger partial charge in [-0.3, -0.25) is 10.1 Å². The molecule has 1 saturated heterocycles. The Morgan fingerprint density at radius 1 is 1.30 bits per heavy atom. The fourth-order valence-corrected chi connectivity index (χ4v) is 3.22. The van der Waals surface area contributed by atoms with Gasteiger partial charge in [0.1, 0.15) is 11.6 Å². The molecule has 1 aromatic carbocycles. The summed E-state index contributed by atoms with van der Waals surface area (Å²) in [6, 6.07) is 7.84. The first kappa shape index (κ1) is 21.4. The number of aliphatic imine (C=N–C) groups is 1. The third-order valence-corrected chi connectivity index (χ3v) is 4.89. The van der Waals surface area contributed by atoms with E-state index in [1.54, 1.807) is 19.1 Å². The van der Waals surface area contributed by atoms with Crippen molar-refractivity contribution in [1.82, 2.24) is 30.7 Å². The quantitative estimate of drug-likeness (QED) is 0.486. The largest absolute Gasteiger partial charge is 0.497 e.